The maximum Gasteiger partial charge on any atom is 0.252 e. The summed E-state index contributed by atoms with van der Waals surface area (Å²) < 4.78 is 0. The first kappa shape index (κ1) is 14.9. The van der Waals surface area contributed by atoms with Crippen LogP contribution in [0.3, 0.4) is 0 Å². The van der Waals surface area contributed by atoms with E-state index in [0.29, 0.717) is 17.2 Å². The van der Waals surface area contributed by atoms with Crippen molar-refractivity contribution in [2.45, 2.75) is 25.8 Å². The molecular weight excluding hydrogens is 324 g/mol. The minimum atomic E-state index is -0.327. The summed E-state index contributed by atoms with van der Waals surface area (Å²) in [6, 6.07) is 7.79. The number of nitrogens with two attached hydrogens (primary N) is 1. The number of amides is 1. The van der Waals surface area contributed by atoms with Gasteiger partial charge < -0.3 is 16.0 Å². The number of anilines is 1. The first-order valence-corrected chi connectivity index (χ1v) is 8.48. The minimum absolute atomic E-state index is 0.0906. The van der Waals surface area contributed by atoms with Crippen molar-refractivity contribution in [3.63, 3.8) is 0 Å². The Morgan fingerprint density at radius 3 is 2.96 bits per heavy atom. The highest BCUT2D eigenvalue weighted by molar-refractivity contribution is 7.15. The van der Waals surface area contributed by atoms with Crippen molar-refractivity contribution in [2.75, 3.05) is 5.73 Å². The van der Waals surface area contributed by atoms with E-state index >= 15 is 0 Å². The molecular formula is C17H16N4O2S. The predicted octanol–water partition coefficient (Wildman–Crippen LogP) is 2.03. The number of H-pyrrole nitrogens is 1. The molecule has 3 heterocycles. The van der Waals surface area contributed by atoms with E-state index in [2.05, 4.69) is 15.3 Å². The van der Waals surface area contributed by atoms with Crippen LogP contribution < -0.4 is 16.6 Å². The Labute approximate surface area is 141 Å². The lowest BCUT2D eigenvalue weighted by atomic mass is 9.93. The van der Waals surface area contributed by atoms with Crippen LogP contribution >= 0.6 is 11.3 Å². The number of aryl methyl sites for hydroxylation is 1. The predicted molar refractivity (Wildman–Crippen MR) is 94.1 cm³/mol. The van der Waals surface area contributed by atoms with Crippen molar-refractivity contribution in [1.29, 1.82) is 0 Å². The smallest absolute Gasteiger partial charge is 0.252 e. The molecule has 3 aromatic rings. The Balaban J connectivity index is 1.92. The highest BCUT2D eigenvalue weighted by Gasteiger charge is 2.29. The van der Waals surface area contributed by atoms with Gasteiger partial charge in [-0.2, -0.15) is 0 Å². The van der Waals surface area contributed by atoms with E-state index in [9.17, 15) is 9.59 Å². The number of fused-ring (bicyclic) bond motifs is 2. The Hall–Kier alpha value is -2.67. The zero-order chi connectivity index (χ0) is 16.8. The van der Waals surface area contributed by atoms with Gasteiger partial charge in [0.2, 0.25) is 5.91 Å². The van der Waals surface area contributed by atoms with Gasteiger partial charge in [0.15, 0.2) is 5.13 Å². The maximum atomic E-state index is 12.6. The molecule has 0 fully saturated rings. The summed E-state index contributed by atoms with van der Waals surface area (Å²) in [5.41, 5.74) is 8.87. The van der Waals surface area contributed by atoms with E-state index in [0.717, 1.165) is 27.0 Å². The largest absolute Gasteiger partial charge is 0.375 e. The van der Waals surface area contributed by atoms with Crippen molar-refractivity contribution >= 4 is 33.3 Å². The van der Waals surface area contributed by atoms with Gasteiger partial charge in [0.05, 0.1) is 12.2 Å². The molecule has 0 saturated carbocycles. The van der Waals surface area contributed by atoms with Crippen molar-refractivity contribution < 1.29 is 4.79 Å². The molecule has 1 aliphatic rings. The number of nitrogens with zero attached hydrogens (tertiary/aromatic N) is 1. The summed E-state index contributed by atoms with van der Waals surface area (Å²) in [6.07, 6.45) is 0.217. The normalized spacial score (nSPS) is 17.4. The highest BCUT2D eigenvalue weighted by Crippen LogP contribution is 2.36. The lowest BCUT2D eigenvalue weighted by Gasteiger charge is -2.13. The third-order valence-corrected chi connectivity index (χ3v) is 5.35. The number of nitrogens with one attached hydrogen (secondary N) is 2. The maximum absolute atomic E-state index is 12.6. The topological polar surface area (TPSA) is 101 Å². The number of thiazole rings is 1. The summed E-state index contributed by atoms with van der Waals surface area (Å²) in [6.45, 7) is 2.33. The molecule has 4 N–H and O–H groups in total. The van der Waals surface area contributed by atoms with Crippen LogP contribution in [-0.2, 0) is 11.3 Å². The summed E-state index contributed by atoms with van der Waals surface area (Å²) in [5.74, 6) is -0.418. The van der Waals surface area contributed by atoms with E-state index in [-0.39, 0.29) is 23.8 Å². The molecule has 0 saturated heterocycles. The van der Waals surface area contributed by atoms with Gasteiger partial charge in [0, 0.05) is 28.3 Å². The van der Waals surface area contributed by atoms with Gasteiger partial charge in [-0.05, 0) is 30.0 Å². The molecule has 0 bridgehead atoms. The number of rotatable bonds is 1. The second-order valence-electron chi connectivity index (χ2n) is 6.04. The molecule has 0 spiro atoms. The van der Waals surface area contributed by atoms with Crippen molar-refractivity contribution in [3.8, 4) is 0 Å². The average Bonchev–Trinajstić information content (AvgIpc) is 2.84. The average molecular weight is 340 g/mol. The molecule has 4 rings (SSSR count). The lowest BCUT2D eigenvalue weighted by molar-refractivity contribution is -0.121. The van der Waals surface area contributed by atoms with Crippen LogP contribution in [-0.4, -0.2) is 15.9 Å². The Morgan fingerprint density at radius 2 is 2.12 bits per heavy atom. The van der Waals surface area contributed by atoms with Gasteiger partial charge in [0.25, 0.3) is 5.56 Å². The molecule has 1 amide bonds. The quantitative estimate of drug-likeness (QED) is 0.631. The number of carbonyl (C=O) groups excluding carboxylic acids is 1. The first-order valence-electron chi connectivity index (χ1n) is 7.66. The number of pyridine rings is 1. The van der Waals surface area contributed by atoms with E-state index in [1.165, 1.54) is 11.3 Å². The van der Waals surface area contributed by atoms with Crippen molar-refractivity contribution in [2.24, 2.45) is 0 Å². The fraction of sp³-hybridized carbons (Fsp3) is 0.235. The number of benzene rings is 1. The first-order chi connectivity index (χ1) is 11.5. The summed E-state index contributed by atoms with van der Waals surface area (Å²) in [4.78, 5) is 32.8. The number of aromatic amines is 1. The number of aromatic nitrogens is 2. The van der Waals surface area contributed by atoms with Gasteiger partial charge in [-0.3, -0.25) is 9.59 Å². The van der Waals surface area contributed by atoms with Crippen LogP contribution in [0.1, 0.15) is 34.0 Å². The fourth-order valence-corrected chi connectivity index (χ4v) is 4.13. The number of carbonyl (C=O) groups is 1. The minimum Gasteiger partial charge on any atom is -0.375 e. The Kier molecular flexibility index (Phi) is 3.38. The van der Waals surface area contributed by atoms with Crippen LogP contribution in [0.2, 0.25) is 0 Å². The molecule has 1 aliphatic heterocycles. The van der Waals surface area contributed by atoms with E-state index < -0.39 is 0 Å². The second-order valence-corrected chi connectivity index (χ2v) is 7.10. The molecule has 0 aliphatic carbocycles. The second kappa shape index (κ2) is 5.45. The molecule has 0 unspecified atom stereocenters. The lowest BCUT2D eigenvalue weighted by Crippen LogP contribution is -2.23. The summed E-state index contributed by atoms with van der Waals surface area (Å²) in [5, 5.41) is 4.21. The fourth-order valence-electron chi connectivity index (χ4n) is 3.16. The van der Waals surface area contributed by atoms with Crippen molar-refractivity contribution in [1.82, 2.24) is 15.3 Å². The van der Waals surface area contributed by atoms with Gasteiger partial charge in [-0.1, -0.05) is 12.1 Å². The molecule has 1 aromatic carbocycles. The monoisotopic (exact) mass is 340 g/mol. The van der Waals surface area contributed by atoms with Crippen LogP contribution in [0.25, 0.3) is 10.9 Å². The summed E-state index contributed by atoms with van der Waals surface area (Å²) >= 11 is 1.35. The zero-order valence-electron chi connectivity index (χ0n) is 13.1. The van der Waals surface area contributed by atoms with Crippen LogP contribution in [0, 0.1) is 6.92 Å². The zero-order valence-corrected chi connectivity index (χ0v) is 13.9. The number of hydrogen-bond donors (Lipinski definition) is 3. The SMILES string of the molecule is Cc1ccc2cc([C@@H]3CC(=O)NCc4nc(N)sc43)c(=O)[nH]c2c1. The molecule has 7 heteroatoms. The van der Waals surface area contributed by atoms with E-state index in [1.807, 2.05) is 31.2 Å². The van der Waals surface area contributed by atoms with Gasteiger partial charge in [0.1, 0.15) is 0 Å². The number of nitrogen functional groups attached to an aromatic ring is 1. The van der Waals surface area contributed by atoms with Crippen molar-refractivity contribution in [3.05, 3.63) is 56.3 Å². The number of hydrogen-bond acceptors (Lipinski definition) is 5. The Bertz CT molecular complexity index is 1020. The van der Waals surface area contributed by atoms with Gasteiger partial charge in [-0.25, -0.2) is 4.98 Å². The standard InChI is InChI=1S/C17H16N4O2S/c1-8-2-3-9-5-11(16(23)20-12(9)4-8)10-6-14(22)19-7-13-15(10)24-17(18)21-13/h2-5,10H,6-7H2,1H3,(H2,18,21)(H,19,22)(H,20,23)/t10-/m0/s1. The molecule has 1 atom stereocenters. The third kappa shape index (κ3) is 2.46. The highest BCUT2D eigenvalue weighted by atomic mass is 32.1. The van der Waals surface area contributed by atoms with E-state index in [1.54, 1.807) is 0 Å². The molecule has 2 aromatic heterocycles. The van der Waals surface area contributed by atoms with Crippen LogP contribution in [0.4, 0.5) is 5.13 Å². The molecule has 0 radical (unpaired) electrons. The third-order valence-electron chi connectivity index (χ3n) is 4.31. The molecule has 122 valence electrons. The van der Waals surface area contributed by atoms with Crippen LogP contribution in [0.5, 0.6) is 0 Å². The molecule has 24 heavy (non-hydrogen) atoms. The summed E-state index contributed by atoms with van der Waals surface area (Å²) in [7, 11) is 0. The Morgan fingerprint density at radius 1 is 1.29 bits per heavy atom. The van der Waals surface area contributed by atoms with E-state index in [4.69, 9.17) is 5.73 Å². The van der Waals surface area contributed by atoms with Gasteiger partial charge >= 0.3 is 0 Å². The van der Waals surface area contributed by atoms with Gasteiger partial charge in [-0.15, -0.1) is 11.3 Å². The van der Waals surface area contributed by atoms with Crippen LogP contribution in [0.15, 0.2) is 29.1 Å². The molecule has 6 nitrogen and oxygen atoms in total.